The van der Waals surface area contributed by atoms with Crippen LogP contribution in [-0.2, 0) is 6.42 Å². The molecule has 1 aromatic rings. The van der Waals surface area contributed by atoms with Gasteiger partial charge in [0, 0.05) is 6.04 Å². The van der Waals surface area contributed by atoms with Gasteiger partial charge in [0.05, 0.1) is 6.10 Å². The summed E-state index contributed by atoms with van der Waals surface area (Å²) >= 11 is 0. The van der Waals surface area contributed by atoms with E-state index in [1.807, 2.05) is 0 Å². The molecule has 21 heavy (non-hydrogen) atoms. The van der Waals surface area contributed by atoms with Gasteiger partial charge in [0.2, 0.25) is 0 Å². The molecule has 1 fully saturated rings. The van der Waals surface area contributed by atoms with Crippen molar-refractivity contribution < 1.29 is 4.74 Å². The van der Waals surface area contributed by atoms with Crippen LogP contribution in [0.15, 0.2) is 18.2 Å². The Balaban J connectivity index is 2.11. The highest BCUT2D eigenvalue weighted by atomic mass is 16.5. The van der Waals surface area contributed by atoms with Gasteiger partial charge >= 0.3 is 0 Å². The first-order valence-corrected chi connectivity index (χ1v) is 8.52. The summed E-state index contributed by atoms with van der Waals surface area (Å²) in [6.07, 6.45) is 5.92. The summed E-state index contributed by atoms with van der Waals surface area (Å²) in [4.78, 5) is 0. The topological polar surface area (TPSA) is 35.2 Å². The minimum atomic E-state index is 0.222. The van der Waals surface area contributed by atoms with Gasteiger partial charge in [-0.25, -0.2) is 0 Å². The molecule has 0 saturated heterocycles. The lowest BCUT2D eigenvalue weighted by molar-refractivity contribution is 0.0989. The van der Waals surface area contributed by atoms with Gasteiger partial charge in [0.1, 0.15) is 5.75 Å². The van der Waals surface area contributed by atoms with Crippen LogP contribution < -0.4 is 10.5 Å². The molecule has 0 heterocycles. The molecule has 2 rings (SSSR count). The molecule has 0 aromatic heterocycles. The molecule has 0 spiro atoms. The minimum absolute atomic E-state index is 0.222. The number of hydrogen-bond donors (Lipinski definition) is 1. The summed E-state index contributed by atoms with van der Waals surface area (Å²) in [6, 6.07) is 6.66. The van der Waals surface area contributed by atoms with Gasteiger partial charge < -0.3 is 10.5 Å². The van der Waals surface area contributed by atoms with Gasteiger partial charge in [-0.2, -0.15) is 0 Å². The van der Waals surface area contributed by atoms with E-state index in [-0.39, 0.29) is 6.04 Å². The monoisotopic (exact) mass is 289 g/mol. The predicted octanol–water partition coefficient (Wildman–Crippen LogP) is 4.48. The largest absolute Gasteiger partial charge is 0.490 e. The number of hydrogen-bond acceptors (Lipinski definition) is 2. The lowest BCUT2D eigenvalue weighted by atomic mass is 9.80. The Kier molecular flexibility index (Phi) is 5.69. The van der Waals surface area contributed by atoms with Crippen LogP contribution in [0.1, 0.15) is 57.6 Å². The molecule has 118 valence electrons. The number of ether oxygens (including phenoxy) is 1. The summed E-state index contributed by atoms with van der Waals surface area (Å²) in [7, 11) is 0. The maximum absolute atomic E-state index is 6.43. The van der Waals surface area contributed by atoms with E-state index in [9.17, 15) is 0 Å². The highest BCUT2D eigenvalue weighted by Gasteiger charge is 2.26. The second-order valence-electron chi connectivity index (χ2n) is 6.94. The van der Waals surface area contributed by atoms with Crippen LogP contribution in [0.2, 0.25) is 0 Å². The molecule has 0 amide bonds. The molecule has 4 unspecified atom stereocenters. The van der Waals surface area contributed by atoms with E-state index in [1.165, 1.54) is 30.4 Å². The maximum Gasteiger partial charge on any atom is 0.125 e. The second kappa shape index (κ2) is 7.31. The van der Waals surface area contributed by atoms with E-state index in [0.717, 1.165) is 30.4 Å². The molecule has 2 heteroatoms. The quantitative estimate of drug-likeness (QED) is 0.867. The standard InChI is InChI=1S/C19H31NO/c1-5-17(20)12-16-8-6-7-14(3)19(16)21-18-10-9-13(2)15(4)11-18/h6-8,13,15,17-18H,5,9-12,20H2,1-4H3. The molecule has 2 N–H and O–H groups in total. The molecular weight excluding hydrogens is 258 g/mol. The van der Waals surface area contributed by atoms with Crippen molar-refractivity contribution in [1.82, 2.24) is 0 Å². The maximum atomic E-state index is 6.43. The molecular formula is C19H31NO. The third-order valence-corrected chi connectivity index (χ3v) is 5.13. The number of nitrogens with two attached hydrogens (primary N) is 1. The third-order valence-electron chi connectivity index (χ3n) is 5.13. The first-order valence-electron chi connectivity index (χ1n) is 8.52. The summed E-state index contributed by atoms with van der Waals surface area (Å²) in [5.74, 6) is 2.68. The Bertz CT molecular complexity index is 457. The fourth-order valence-electron chi connectivity index (χ4n) is 3.24. The summed E-state index contributed by atoms with van der Waals surface area (Å²) in [5, 5.41) is 0. The van der Waals surface area contributed by atoms with Crippen molar-refractivity contribution in [2.24, 2.45) is 17.6 Å². The first-order chi connectivity index (χ1) is 10.0. The van der Waals surface area contributed by atoms with E-state index < -0.39 is 0 Å². The average Bonchev–Trinajstić information content (AvgIpc) is 2.46. The zero-order valence-corrected chi connectivity index (χ0v) is 14.1. The first kappa shape index (κ1) is 16.4. The van der Waals surface area contributed by atoms with E-state index in [4.69, 9.17) is 10.5 Å². The van der Waals surface area contributed by atoms with Gasteiger partial charge in [-0.3, -0.25) is 0 Å². The average molecular weight is 289 g/mol. The normalized spacial score (nSPS) is 27.4. The lowest BCUT2D eigenvalue weighted by Gasteiger charge is -2.33. The van der Waals surface area contributed by atoms with Crippen molar-refractivity contribution >= 4 is 0 Å². The van der Waals surface area contributed by atoms with E-state index in [2.05, 4.69) is 45.9 Å². The zero-order valence-electron chi connectivity index (χ0n) is 14.1. The van der Waals surface area contributed by atoms with Crippen LogP contribution in [0, 0.1) is 18.8 Å². The summed E-state index contributed by atoms with van der Waals surface area (Å²) in [6.45, 7) is 9.00. The Morgan fingerprint density at radius 1 is 1.24 bits per heavy atom. The fourth-order valence-corrected chi connectivity index (χ4v) is 3.24. The van der Waals surface area contributed by atoms with Crippen molar-refractivity contribution in [3.05, 3.63) is 29.3 Å². The van der Waals surface area contributed by atoms with Gasteiger partial charge in [-0.15, -0.1) is 0 Å². The highest BCUT2D eigenvalue weighted by molar-refractivity contribution is 5.41. The van der Waals surface area contributed by atoms with Crippen LogP contribution >= 0.6 is 0 Å². The van der Waals surface area contributed by atoms with Crippen molar-refractivity contribution in [2.75, 3.05) is 0 Å². The molecule has 1 aliphatic carbocycles. The lowest BCUT2D eigenvalue weighted by Crippen LogP contribution is -2.29. The molecule has 0 aliphatic heterocycles. The van der Waals surface area contributed by atoms with Gasteiger partial charge in [-0.05, 0) is 62.0 Å². The Morgan fingerprint density at radius 2 is 2.00 bits per heavy atom. The van der Waals surface area contributed by atoms with Gasteiger partial charge in [0.25, 0.3) is 0 Å². The number of benzene rings is 1. The molecule has 2 nitrogen and oxygen atoms in total. The van der Waals surface area contributed by atoms with Crippen LogP contribution in [0.5, 0.6) is 5.75 Å². The second-order valence-corrected chi connectivity index (χ2v) is 6.94. The van der Waals surface area contributed by atoms with Crippen molar-refractivity contribution in [3.8, 4) is 5.75 Å². The molecule has 0 radical (unpaired) electrons. The van der Waals surface area contributed by atoms with Crippen LogP contribution in [-0.4, -0.2) is 12.1 Å². The summed E-state index contributed by atoms with van der Waals surface area (Å²) in [5.41, 5.74) is 8.65. The SMILES string of the molecule is CCC(N)Cc1cccc(C)c1OC1CCC(C)C(C)C1. The predicted molar refractivity (Wildman–Crippen MR) is 89.7 cm³/mol. The number of rotatable bonds is 5. The molecule has 4 atom stereocenters. The van der Waals surface area contributed by atoms with Crippen molar-refractivity contribution in [3.63, 3.8) is 0 Å². The van der Waals surface area contributed by atoms with Gasteiger partial charge in [-0.1, -0.05) is 39.0 Å². The van der Waals surface area contributed by atoms with Gasteiger partial charge in [0.15, 0.2) is 0 Å². The minimum Gasteiger partial charge on any atom is -0.490 e. The fraction of sp³-hybridized carbons (Fsp3) is 0.684. The zero-order chi connectivity index (χ0) is 15.4. The van der Waals surface area contributed by atoms with E-state index >= 15 is 0 Å². The van der Waals surface area contributed by atoms with Crippen LogP contribution in [0.3, 0.4) is 0 Å². The summed E-state index contributed by atoms with van der Waals surface area (Å²) < 4.78 is 6.43. The number of para-hydroxylation sites is 1. The third kappa shape index (κ3) is 4.23. The van der Waals surface area contributed by atoms with Crippen LogP contribution in [0.4, 0.5) is 0 Å². The van der Waals surface area contributed by atoms with Crippen molar-refractivity contribution in [1.29, 1.82) is 0 Å². The van der Waals surface area contributed by atoms with Crippen LogP contribution in [0.25, 0.3) is 0 Å². The Hall–Kier alpha value is -1.02. The van der Waals surface area contributed by atoms with E-state index in [1.54, 1.807) is 0 Å². The molecule has 1 aliphatic rings. The highest BCUT2D eigenvalue weighted by Crippen LogP contribution is 2.34. The number of aryl methyl sites for hydroxylation is 1. The Morgan fingerprint density at radius 3 is 2.67 bits per heavy atom. The Labute approximate surface area is 130 Å². The smallest absolute Gasteiger partial charge is 0.125 e. The molecule has 1 saturated carbocycles. The molecule has 1 aromatic carbocycles. The van der Waals surface area contributed by atoms with Crippen molar-refractivity contribution in [2.45, 2.75) is 71.9 Å². The van der Waals surface area contributed by atoms with E-state index in [0.29, 0.717) is 6.10 Å². The molecule has 0 bridgehead atoms.